The van der Waals surface area contributed by atoms with E-state index in [-0.39, 0.29) is 6.54 Å². The lowest BCUT2D eigenvalue weighted by molar-refractivity contribution is 0.144. The van der Waals surface area contributed by atoms with Crippen LogP contribution in [0, 0.1) is 0 Å². The van der Waals surface area contributed by atoms with Crippen LogP contribution in [0.1, 0.15) is 6.42 Å². The molecule has 3 N–H and O–H groups in total. The predicted molar refractivity (Wildman–Crippen MR) is 46.7 cm³/mol. The minimum absolute atomic E-state index is 0.204. The highest BCUT2D eigenvalue weighted by atomic mass is 32.2. The zero-order valence-corrected chi connectivity index (χ0v) is 7.64. The summed E-state index contributed by atoms with van der Waals surface area (Å²) < 4.78 is 27.7. The van der Waals surface area contributed by atoms with Crippen LogP contribution in [0.15, 0.2) is 12.7 Å². The largest absolute Gasteiger partial charge is 0.380 e. The molecule has 0 saturated heterocycles. The fourth-order valence-electron chi connectivity index (χ4n) is 0.525. The van der Waals surface area contributed by atoms with E-state index in [2.05, 4.69) is 16.4 Å². The van der Waals surface area contributed by atoms with Gasteiger partial charge in [0.15, 0.2) is 0 Å². The standard InChI is InChI=1S/C6H14N2O3S/c1-2-3-5-11-6-4-8-12(7,9)10/h2,8H,1,3-6H2,(H2,7,9,10). The van der Waals surface area contributed by atoms with Gasteiger partial charge in [-0.1, -0.05) is 6.08 Å². The first-order valence-corrected chi connectivity index (χ1v) is 5.07. The molecular weight excluding hydrogens is 180 g/mol. The van der Waals surface area contributed by atoms with Gasteiger partial charge in [-0.3, -0.25) is 0 Å². The third-order valence-corrected chi connectivity index (χ3v) is 1.62. The van der Waals surface area contributed by atoms with Crippen molar-refractivity contribution in [3.8, 4) is 0 Å². The first kappa shape index (κ1) is 11.6. The fraction of sp³-hybridized carbons (Fsp3) is 0.667. The quantitative estimate of drug-likeness (QED) is 0.418. The summed E-state index contributed by atoms with van der Waals surface area (Å²) >= 11 is 0. The van der Waals surface area contributed by atoms with Crippen molar-refractivity contribution in [1.29, 1.82) is 0 Å². The molecule has 0 aromatic heterocycles. The summed E-state index contributed by atoms with van der Waals surface area (Å²) in [4.78, 5) is 0. The molecule has 0 bridgehead atoms. The highest BCUT2D eigenvalue weighted by Crippen LogP contribution is 1.81. The van der Waals surface area contributed by atoms with Crippen molar-refractivity contribution in [3.63, 3.8) is 0 Å². The molecule has 0 unspecified atom stereocenters. The van der Waals surface area contributed by atoms with Gasteiger partial charge in [-0.15, -0.1) is 6.58 Å². The minimum atomic E-state index is -3.57. The number of hydrogen-bond acceptors (Lipinski definition) is 3. The molecule has 5 nitrogen and oxygen atoms in total. The zero-order valence-electron chi connectivity index (χ0n) is 6.82. The maximum Gasteiger partial charge on any atom is 0.274 e. The molecule has 0 aromatic carbocycles. The average molecular weight is 194 g/mol. The first-order valence-electron chi connectivity index (χ1n) is 3.52. The molecule has 6 heteroatoms. The molecule has 0 aromatic rings. The molecule has 0 aliphatic heterocycles. The molecule has 0 aliphatic carbocycles. The van der Waals surface area contributed by atoms with Gasteiger partial charge in [0.2, 0.25) is 0 Å². The van der Waals surface area contributed by atoms with E-state index in [9.17, 15) is 8.42 Å². The number of nitrogens with one attached hydrogen (secondary N) is 1. The van der Waals surface area contributed by atoms with Crippen molar-refractivity contribution in [2.45, 2.75) is 6.42 Å². The highest BCUT2D eigenvalue weighted by molar-refractivity contribution is 7.87. The van der Waals surface area contributed by atoms with Crippen LogP contribution in [-0.2, 0) is 14.9 Å². The number of rotatable bonds is 7. The van der Waals surface area contributed by atoms with Gasteiger partial charge >= 0.3 is 0 Å². The molecule has 0 radical (unpaired) electrons. The molecule has 0 heterocycles. The molecule has 0 amide bonds. The van der Waals surface area contributed by atoms with E-state index in [1.165, 1.54) is 0 Å². The van der Waals surface area contributed by atoms with Gasteiger partial charge in [0, 0.05) is 6.54 Å². The van der Waals surface area contributed by atoms with Crippen molar-refractivity contribution < 1.29 is 13.2 Å². The Morgan fingerprint density at radius 1 is 1.50 bits per heavy atom. The third kappa shape index (κ3) is 9.57. The summed E-state index contributed by atoms with van der Waals surface area (Å²) in [5.74, 6) is 0. The van der Waals surface area contributed by atoms with Gasteiger partial charge in [-0.2, -0.15) is 8.42 Å². The van der Waals surface area contributed by atoms with Crippen LogP contribution < -0.4 is 9.86 Å². The Balaban J connectivity index is 3.17. The summed E-state index contributed by atoms with van der Waals surface area (Å²) in [7, 11) is -3.57. The lowest BCUT2D eigenvalue weighted by atomic mass is 10.5. The van der Waals surface area contributed by atoms with E-state index >= 15 is 0 Å². The topological polar surface area (TPSA) is 81.4 Å². The van der Waals surface area contributed by atoms with Crippen LogP contribution in [0.4, 0.5) is 0 Å². The minimum Gasteiger partial charge on any atom is -0.380 e. The van der Waals surface area contributed by atoms with E-state index in [4.69, 9.17) is 4.74 Å². The Morgan fingerprint density at radius 3 is 2.67 bits per heavy atom. The van der Waals surface area contributed by atoms with E-state index in [1.54, 1.807) is 6.08 Å². The Hall–Kier alpha value is -0.430. The smallest absolute Gasteiger partial charge is 0.274 e. The van der Waals surface area contributed by atoms with E-state index in [1.807, 2.05) is 0 Å². The third-order valence-electron chi connectivity index (χ3n) is 1.02. The molecule has 0 spiro atoms. The Kier molecular flexibility index (Phi) is 5.91. The second-order valence-corrected chi connectivity index (χ2v) is 3.51. The Bertz CT molecular complexity index is 213. The highest BCUT2D eigenvalue weighted by Gasteiger charge is 1.97. The van der Waals surface area contributed by atoms with Crippen molar-refractivity contribution in [2.75, 3.05) is 19.8 Å². The lowest BCUT2D eigenvalue weighted by Crippen LogP contribution is -2.33. The number of nitrogens with two attached hydrogens (primary N) is 1. The van der Waals surface area contributed by atoms with Crippen LogP contribution in [0.5, 0.6) is 0 Å². The monoisotopic (exact) mass is 194 g/mol. The zero-order chi connectivity index (χ0) is 9.45. The summed E-state index contributed by atoms with van der Waals surface area (Å²) in [5, 5.41) is 4.67. The molecule has 0 atom stereocenters. The van der Waals surface area contributed by atoms with E-state index < -0.39 is 10.2 Å². The molecule has 72 valence electrons. The summed E-state index contributed by atoms with van der Waals surface area (Å²) in [5.41, 5.74) is 0. The van der Waals surface area contributed by atoms with Gasteiger partial charge in [0.05, 0.1) is 13.2 Å². The second kappa shape index (κ2) is 6.13. The lowest BCUT2D eigenvalue weighted by Gasteiger charge is -2.02. The number of hydrogen-bond donors (Lipinski definition) is 2. The SMILES string of the molecule is C=CCCOCCNS(N)(=O)=O. The van der Waals surface area contributed by atoms with Crippen molar-refractivity contribution in [2.24, 2.45) is 5.14 Å². The molecule has 0 saturated carbocycles. The summed E-state index contributed by atoms with van der Waals surface area (Å²) in [6, 6.07) is 0. The van der Waals surface area contributed by atoms with Crippen molar-refractivity contribution >= 4 is 10.2 Å². The average Bonchev–Trinajstić information content (AvgIpc) is 1.94. The van der Waals surface area contributed by atoms with Crippen molar-refractivity contribution in [1.82, 2.24) is 4.72 Å². The Labute approximate surface area is 72.8 Å². The van der Waals surface area contributed by atoms with Gasteiger partial charge in [0.25, 0.3) is 10.2 Å². The second-order valence-electron chi connectivity index (χ2n) is 2.13. The summed E-state index contributed by atoms with van der Waals surface area (Å²) in [6.07, 6.45) is 2.49. The van der Waals surface area contributed by atoms with Crippen LogP contribution in [-0.4, -0.2) is 28.2 Å². The van der Waals surface area contributed by atoms with Gasteiger partial charge in [-0.05, 0) is 6.42 Å². The van der Waals surface area contributed by atoms with Gasteiger partial charge in [-0.25, -0.2) is 9.86 Å². The molecule has 0 rings (SSSR count). The maximum absolute atomic E-state index is 10.3. The Morgan fingerprint density at radius 2 is 2.17 bits per heavy atom. The molecule has 12 heavy (non-hydrogen) atoms. The van der Waals surface area contributed by atoms with Crippen LogP contribution in [0.3, 0.4) is 0 Å². The normalized spacial score (nSPS) is 11.4. The van der Waals surface area contributed by atoms with Crippen LogP contribution >= 0.6 is 0 Å². The molecular formula is C6H14N2O3S. The van der Waals surface area contributed by atoms with E-state index in [0.29, 0.717) is 13.2 Å². The fourth-order valence-corrected chi connectivity index (χ4v) is 0.893. The molecule has 0 aliphatic rings. The number of ether oxygens (including phenoxy) is 1. The van der Waals surface area contributed by atoms with Crippen molar-refractivity contribution in [3.05, 3.63) is 12.7 Å². The molecule has 0 fully saturated rings. The predicted octanol–water partition coefficient (Wildman–Crippen LogP) is -0.628. The van der Waals surface area contributed by atoms with Gasteiger partial charge < -0.3 is 4.74 Å². The first-order chi connectivity index (χ1) is 5.56. The van der Waals surface area contributed by atoms with Gasteiger partial charge in [0.1, 0.15) is 0 Å². The van der Waals surface area contributed by atoms with E-state index in [0.717, 1.165) is 6.42 Å². The summed E-state index contributed by atoms with van der Waals surface area (Å²) in [6.45, 7) is 4.59. The van der Waals surface area contributed by atoms with Crippen LogP contribution in [0.25, 0.3) is 0 Å². The maximum atomic E-state index is 10.3. The van der Waals surface area contributed by atoms with Crippen LogP contribution in [0.2, 0.25) is 0 Å².